The van der Waals surface area contributed by atoms with Crippen molar-refractivity contribution in [2.75, 3.05) is 10.2 Å². The summed E-state index contributed by atoms with van der Waals surface area (Å²) in [6.45, 7) is 0. The summed E-state index contributed by atoms with van der Waals surface area (Å²) in [4.78, 5) is 43.1. The summed E-state index contributed by atoms with van der Waals surface area (Å²) in [5.74, 6) is -1.25. The molecule has 0 radical (unpaired) electrons. The second kappa shape index (κ2) is 6.27. The van der Waals surface area contributed by atoms with Gasteiger partial charge < -0.3 is 0 Å². The Hall–Kier alpha value is -3.00. The van der Waals surface area contributed by atoms with Crippen LogP contribution in [0.4, 0.5) is 11.9 Å². The van der Waals surface area contributed by atoms with Crippen LogP contribution in [-0.2, 0) is 14.4 Å². The standard InChI is InChI=1S/C19H16ClN5O3/c20-11-7-5-10(6-8-11)14-9-15(26)21-18-22-19(23-25(14)18)24-16(27)12-3-1-2-4-13(12)17(24)28/h1-2,5-8,12-14H,3-4,9H2,(H,21,22,23,26)/t12-,13-,14-/m0/s1. The molecule has 0 spiro atoms. The first kappa shape index (κ1) is 17.1. The average Bonchev–Trinajstić information content (AvgIpc) is 3.21. The van der Waals surface area contributed by atoms with Crippen LogP contribution in [0.25, 0.3) is 0 Å². The highest BCUT2D eigenvalue weighted by Gasteiger charge is 2.49. The average molecular weight is 398 g/mol. The summed E-state index contributed by atoms with van der Waals surface area (Å²) < 4.78 is 1.56. The minimum atomic E-state index is -0.390. The molecule has 5 rings (SSSR count). The number of carbonyl (C=O) groups is 3. The Kier molecular flexibility index (Phi) is 3.83. The summed E-state index contributed by atoms with van der Waals surface area (Å²) in [5.41, 5.74) is 0.842. The molecule has 1 N–H and O–H groups in total. The number of carbonyl (C=O) groups excluding carboxylic acids is 3. The van der Waals surface area contributed by atoms with E-state index in [9.17, 15) is 14.4 Å². The van der Waals surface area contributed by atoms with Gasteiger partial charge in [-0.25, -0.2) is 9.58 Å². The molecule has 3 amide bonds. The third-order valence-electron chi connectivity index (χ3n) is 5.51. The quantitative estimate of drug-likeness (QED) is 0.619. The van der Waals surface area contributed by atoms with Gasteiger partial charge in [0.05, 0.1) is 24.3 Å². The maximum absolute atomic E-state index is 12.8. The van der Waals surface area contributed by atoms with Gasteiger partial charge in [-0.2, -0.15) is 4.98 Å². The van der Waals surface area contributed by atoms with Crippen LogP contribution in [0.5, 0.6) is 0 Å². The smallest absolute Gasteiger partial charge is 0.260 e. The molecule has 9 heteroatoms. The number of nitrogens with one attached hydrogen (secondary N) is 1. The molecule has 2 aromatic rings. The first-order chi connectivity index (χ1) is 13.5. The van der Waals surface area contributed by atoms with Crippen LogP contribution in [0.1, 0.15) is 30.9 Å². The summed E-state index contributed by atoms with van der Waals surface area (Å²) in [5, 5.41) is 7.69. The number of benzene rings is 1. The fourth-order valence-corrected chi connectivity index (χ4v) is 4.21. The normalized spacial score (nSPS) is 26.2. The van der Waals surface area contributed by atoms with Crippen molar-refractivity contribution in [1.29, 1.82) is 0 Å². The Morgan fingerprint density at radius 3 is 2.29 bits per heavy atom. The molecule has 1 saturated heterocycles. The maximum atomic E-state index is 12.8. The van der Waals surface area contributed by atoms with E-state index < -0.39 is 0 Å². The maximum Gasteiger partial charge on any atom is 0.260 e. The van der Waals surface area contributed by atoms with E-state index in [1.807, 2.05) is 24.3 Å². The van der Waals surface area contributed by atoms with Crippen molar-refractivity contribution in [2.24, 2.45) is 11.8 Å². The van der Waals surface area contributed by atoms with E-state index in [0.29, 0.717) is 17.9 Å². The van der Waals surface area contributed by atoms with Gasteiger partial charge in [0.1, 0.15) is 0 Å². The van der Waals surface area contributed by atoms with Gasteiger partial charge in [0.2, 0.25) is 23.7 Å². The van der Waals surface area contributed by atoms with Crippen LogP contribution < -0.4 is 10.2 Å². The van der Waals surface area contributed by atoms with Crippen molar-refractivity contribution in [1.82, 2.24) is 14.8 Å². The molecule has 1 aliphatic carbocycles. The second-order valence-corrected chi connectivity index (χ2v) is 7.60. The third-order valence-corrected chi connectivity index (χ3v) is 5.76. The molecule has 1 fully saturated rings. The van der Waals surface area contributed by atoms with E-state index in [1.54, 1.807) is 16.8 Å². The predicted molar refractivity (Wildman–Crippen MR) is 101 cm³/mol. The lowest BCUT2D eigenvalue weighted by Gasteiger charge is -2.23. The van der Waals surface area contributed by atoms with Crippen molar-refractivity contribution in [2.45, 2.75) is 25.3 Å². The zero-order valence-corrected chi connectivity index (χ0v) is 15.5. The lowest BCUT2D eigenvalue weighted by atomic mass is 9.85. The SMILES string of the molecule is O=C1C[C@@H](c2ccc(Cl)cc2)n2nc(N3C(=O)[C@H]4CC=CC[C@@H]4C3=O)nc2N1. The number of hydrogen-bond donors (Lipinski definition) is 1. The lowest BCUT2D eigenvalue weighted by Crippen LogP contribution is -2.32. The van der Waals surface area contributed by atoms with Crippen molar-refractivity contribution >= 4 is 41.2 Å². The Morgan fingerprint density at radius 2 is 1.64 bits per heavy atom. The molecule has 1 aromatic carbocycles. The fraction of sp³-hybridized carbons (Fsp3) is 0.316. The molecular formula is C19H16ClN5O3. The first-order valence-corrected chi connectivity index (χ1v) is 9.45. The number of anilines is 2. The highest BCUT2D eigenvalue weighted by molar-refractivity contribution is 6.30. The molecule has 142 valence electrons. The molecule has 8 nitrogen and oxygen atoms in total. The number of fused-ring (bicyclic) bond motifs is 2. The molecule has 28 heavy (non-hydrogen) atoms. The highest BCUT2D eigenvalue weighted by atomic mass is 35.5. The summed E-state index contributed by atoms with van der Waals surface area (Å²) in [6, 6.07) is 6.74. The van der Waals surface area contributed by atoms with E-state index in [1.165, 1.54) is 0 Å². The largest absolute Gasteiger partial charge is 0.295 e. The Labute approximate surface area is 165 Å². The van der Waals surface area contributed by atoms with E-state index in [2.05, 4.69) is 15.4 Å². The molecule has 2 aliphatic heterocycles. The summed E-state index contributed by atoms with van der Waals surface area (Å²) in [6.07, 6.45) is 5.12. The van der Waals surface area contributed by atoms with Gasteiger partial charge in [-0.15, -0.1) is 5.10 Å². The second-order valence-electron chi connectivity index (χ2n) is 7.17. The minimum Gasteiger partial charge on any atom is -0.295 e. The lowest BCUT2D eigenvalue weighted by molar-refractivity contribution is -0.122. The van der Waals surface area contributed by atoms with Gasteiger partial charge in [-0.3, -0.25) is 19.7 Å². The minimum absolute atomic E-state index is 0.0144. The first-order valence-electron chi connectivity index (χ1n) is 9.07. The monoisotopic (exact) mass is 397 g/mol. The van der Waals surface area contributed by atoms with Crippen LogP contribution >= 0.6 is 11.6 Å². The predicted octanol–water partition coefficient (Wildman–Crippen LogP) is 2.32. The number of nitrogens with zero attached hydrogens (tertiary/aromatic N) is 4. The number of imide groups is 1. The summed E-state index contributed by atoms with van der Waals surface area (Å²) >= 11 is 5.96. The number of amides is 3. The highest BCUT2D eigenvalue weighted by Crippen LogP contribution is 2.38. The molecule has 0 unspecified atom stereocenters. The summed E-state index contributed by atoms with van der Waals surface area (Å²) in [7, 11) is 0. The van der Waals surface area contributed by atoms with E-state index in [4.69, 9.17) is 11.6 Å². The molecular weight excluding hydrogens is 382 g/mol. The Bertz CT molecular complexity index is 1000. The van der Waals surface area contributed by atoms with Gasteiger partial charge in [0.15, 0.2) is 0 Å². The van der Waals surface area contributed by atoms with E-state index >= 15 is 0 Å². The van der Waals surface area contributed by atoms with Crippen LogP contribution in [0.15, 0.2) is 36.4 Å². The van der Waals surface area contributed by atoms with Crippen LogP contribution in [0, 0.1) is 11.8 Å². The van der Waals surface area contributed by atoms with Gasteiger partial charge in [0.25, 0.3) is 5.95 Å². The fourth-order valence-electron chi connectivity index (χ4n) is 4.09. The van der Waals surface area contributed by atoms with E-state index in [0.717, 1.165) is 10.5 Å². The molecule has 3 heterocycles. The number of hydrogen-bond acceptors (Lipinski definition) is 5. The number of allylic oxidation sites excluding steroid dienone is 2. The third kappa shape index (κ3) is 2.56. The Balaban J connectivity index is 1.53. The van der Waals surface area contributed by atoms with E-state index in [-0.39, 0.29) is 53.9 Å². The topological polar surface area (TPSA) is 97.2 Å². The molecule has 1 aromatic heterocycles. The van der Waals surface area contributed by atoms with Crippen LogP contribution in [-0.4, -0.2) is 32.5 Å². The number of rotatable bonds is 2. The van der Waals surface area contributed by atoms with Crippen molar-refractivity contribution < 1.29 is 14.4 Å². The molecule has 3 aliphatic rings. The Morgan fingerprint density at radius 1 is 1.00 bits per heavy atom. The molecule has 0 saturated carbocycles. The zero-order chi connectivity index (χ0) is 19.4. The van der Waals surface area contributed by atoms with Gasteiger partial charge >= 0.3 is 0 Å². The molecule has 0 bridgehead atoms. The van der Waals surface area contributed by atoms with Crippen LogP contribution in [0.2, 0.25) is 5.02 Å². The number of aromatic nitrogens is 3. The van der Waals surface area contributed by atoms with Crippen molar-refractivity contribution in [3.8, 4) is 0 Å². The zero-order valence-electron chi connectivity index (χ0n) is 14.7. The van der Waals surface area contributed by atoms with Crippen molar-refractivity contribution in [3.63, 3.8) is 0 Å². The van der Waals surface area contributed by atoms with Gasteiger partial charge in [-0.1, -0.05) is 35.9 Å². The van der Waals surface area contributed by atoms with Gasteiger partial charge in [-0.05, 0) is 30.5 Å². The van der Waals surface area contributed by atoms with Crippen molar-refractivity contribution in [3.05, 3.63) is 47.0 Å². The van der Waals surface area contributed by atoms with Crippen LogP contribution in [0.3, 0.4) is 0 Å². The number of halogens is 1. The van der Waals surface area contributed by atoms with Gasteiger partial charge in [0, 0.05) is 5.02 Å². The molecule has 3 atom stereocenters.